The number of hydrogen-bond donors (Lipinski definition) is 2. The topological polar surface area (TPSA) is 71.6 Å². The first kappa shape index (κ1) is 10.9. The van der Waals surface area contributed by atoms with Crippen molar-refractivity contribution in [2.75, 3.05) is 32.8 Å². The summed E-state index contributed by atoms with van der Waals surface area (Å²) in [5.41, 5.74) is 5.44. The summed E-state index contributed by atoms with van der Waals surface area (Å²) in [6, 6.07) is 0. The van der Waals surface area contributed by atoms with Crippen LogP contribution in [0.5, 0.6) is 0 Å². The number of nitrogens with two attached hydrogens (primary N) is 1. The van der Waals surface area contributed by atoms with E-state index in [1.165, 1.54) is 6.42 Å². The molecule has 5 nitrogen and oxygen atoms in total. The second-order valence-corrected chi connectivity index (χ2v) is 4.21. The molecule has 2 fully saturated rings. The quantitative estimate of drug-likeness (QED) is 0.503. The molecule has 0 spiro atoms. The van der Waals surface area contributed by atoms with Gasteiger partial charge in [-0.3, -0.25) is 10.3 Å². The minimum Gasteiger partial charge on any atom is -0.385 e. The van der Waals surface area contributed by atoms with E-state index in [1.54, 1.807) is 0 Å². The highest BCUT2D eigenvalue weighted by Crippen LogP contribution is 2.15. The largest absolute Gasteiger partial charge is 0.385 e. The van der Waals surface area contributed by atoms with Gasteiger partial charge in [0.05, 0.1) is 12.7 Å². The summed E-state index contributed by atoms with van der Waals surface area (Å²) in [6.45, 7) is 4.16. The van der Waals surface area contributed by atoms with Crippen molar-refractivity contribution in [1.82, 2.24) is 4.90 Å². The van der Waals surface area contributed by atoms with E-state index in [9.17, 15) is 0 Å². The summed E-state index contributed by atoms with van der Waals surface area (Å²) in [6.07, 6.45) is 2.48. The average molecular weight is 213 g/mol. The van der Waals surface area contributed by atoms with Gasteiger partial charge in [0.2, 0.25) is 0 Å². The van der Waals surface area contributed by atoms with Crippen LogP contribution in [0.4, 0.5) is 0 Å². The van der Waals surface area contributed by atoms with Gasteiger partial charge in [-0.25, -0.2) is 0 Å². The number of nitrogens with zero attached hydrogens (tertiary/aromatic N) is 1. The molecule has 2 aliphatic heterocycles. The normalized spacial score (nSPS) is 33.1. The van der Waals surface area contributed by atoms with E-state index in [4.69, 9.17) is 20.6 Å². The maximum Gasteiger partial charge on any atom is 0.127 e. The van der Waals surface area contributed by atoms with Gasteiger partial charge in [-0.15, -0.1) is 0 Å². The zero-order chi connectivity index (χ0) is 10.7. The van der Waals surface area contributed by atoms with Crippen LogP contribution in [-0.4, -0.2) is 55.8 Å². The SMILES string of the molecule is N=C(N)C1CN(CC2CCCO2)CCO1. The lowest BCUT2D eigenvalue weighted by Gasteiger charge is -2.33. The average Bonchev–Trinajstić information content (AvgIpc) is 2.71. The minimum atomic E-state index is -0.222. The van der Waals surface area contributed by atoms with Crippen molar-refractivity contribution in [3.63, 3.8) is 0 Å². The van der Waals surface area contributed by atoms with Gasteiger partial charge >= 0.3 is 0 Å². The lowest BCUT2D eigenvalue weighted by Crippen LogP contribution is -2.49. The fraction of sp³-hybridized carbons (Fsp3) is 0.900. The second-order valence-electron chi connectivity index (χ2n) is 4.21. The van der Waals surface area contributed by atoms with Crippen molar-refractivity contribution in [2.45, 2.75) is 25.0 Å². The predicted molar refractivity (Wildman–Crippen MR) is 57.1 cm³/mol. The van der Waals surface area contributed by atoms with Crippen LogP contribution >= 0.6 is 0 Å². The fourth-order valence-electron chi connectivity index (χ4n) is 2.13. The summed E-state index contributed by atoms with van der Waals surface area (Å²) in [5.74, 6) is 0.132. The molecule has 3 N–H and O–H groups in total. The van der Waals surface area contributed by atoms with Gasteiger partial charge in [0, 0.05) is 26.2 Å². The summed E-state index contributed by atoms with van der Waals surface area (Å²) in [5, 5.41) is 7.36. The van der Waals surface area contributed by atoms with Gasteiger partial charge in [0.1, 0.15) is 11.9 Å². The first-order valence-corrected chi connectivity index (χ1v) is 5.55. The van der Waals surface area contributed by atoms with Crippen LogP contribution in [0, 0.1) is 5.41 Å². The molecule has 2 rings (SSSR count). The van der Waals surface area contributed by atoms with Gasteiger partial charge in [-0.1, -0.05) is 0 Å². The van der Waals surface area contributed by atoms with E-state index < -0.39 is 0 Å². The first-order valence-electron chi connectivity index (χ1n) is 5.55. The van der Waals surface area contributed by atoms with Gasteiger partial charge in [-0.05, 0) is 12.8 Å². The molecule has 0 aliphatic carbocycles. The van der Waals surface area contributed by atoms with Crippen LogP contribution in [0.2, 0.25) is 0 Å². The summed E-state index contributed by atoms with van der Waals surface area (Å²) in [7, 11) is 0. The number of ether oxygens (including phenoxy) is 2. The Labute approximate surface area is 90.0 Å². The van der Waals surface area contributed by atoms with E-state index in [0.717, 1.165) is 32.7 Å². The molecule has 86 valence electrons. The zero-order valence-corrected chi connectivity index (χ0v) is 8.95. The second kappa shape index (κ2) is 4.92. The first-order chi connectivity index (χ1) is 7.25. The number of nitrogens with one attached hydrogen (secondary N) is 1. The summed E-state index contributed by atoms with van der Waals surface area (Å²) < 4.78 is 11.0. The smallest absolute Gasteiger partial charge is 0.127 e. The molecule has 2 unspecified atom stereocenters. The van der Waals surface area contributed by atoms with Crippen LogP contribution < -0.4 is 5.73 Å². The number of hydrogen-bond acceptors (Lipinski definition) is 4. The van der Waals surface area contributed by atoms with Gasteiger partial charge in [0.15, 0.2) is 0 Å². The van der Waals surface area contributed by atoms with Crippen molar-refractivity contribution < 1.29 is 9.47 Å². The maximum absolute atomic E-state index is 7.36. The van der Waals surface area contributed by atoms with Crippen LogP contribution in [0.1, 0.15) is 12.8 Å². The van der Waals surface area contributed by atoms with Crippen molar-refractivity contribution in [3.8, 4) is 0 Å². The van der Waals surface area contributed by atoms with Gasteiger partial charge in [0.25, 0.3) is 0 Å². The van der Waals surface area contributed by atoms with Crippen molar-refractivity contribution >= 4 is 5.84 Å². The highest BCUT2D eigenvalue weighted by atomic mass is 16.5. The molecule has 0 bridgehead atoms. The Hall–Kier alpha value is -0.650. The minimum absolute atomic E-state index is 0.132. The Morgan fingerprint density at radius 3 is 2.93 bits per heavy atom. The van der Waals surface area contributed by atoms with Crippen LogP contribution in [0.25, 0.3) is 0 Å². The molecule has 2 atom stereocenters. The van der Waals surface area contributed by atoms with Gasteiger partial charge in [-0.2, -0.15) is 0 Å². The van der Waals surface area contributed by atoms with Crippen LogP contribution in [0.3, 0.4) is 0 Å². The van der Waals surface area contributed by atoms with Gasteiger partial charge < -0.3 is 15.2 Å². The lowest BCUT2D eigenvalue weighted by molar-refractivity contribution is -0.0158. The molecule has 2 aliphatic rings. The van der Waals surface area contributed by atoms with E-state index in [1.807, 2.05) is 0 Å². The zero-order valence-electron chi connectivity index (χ0n) is 8.95. The molecule has 2 heterocycles. The van der Waals surface area contributed by atoms with Crippen LogP contribution in [-0.2, 0) is 9.47 Å². The maximum atomic E-state index is 7.36. The van der Waals surface area contributed by atoms with Crippen LogP contribution in [0.15, 0.2) is 0 Å². The highest BCUT2D eigenvalue weighted by Gasteiger charge is 2.26. The number of morpholine rings is 1. The molecular weight excluding hydrogens is 194 g/mol. The fourth-order valence-corrected chi connectivity index (χ4v) is 2.13. The highest BCUT2D eigenvalue weighted by molar-refractivity contribution is 5.82. The molecule has 0 saturated carbocycles. The lowest BCUT2D eigenvalue weighted by atomic mass is 10.2. The Morgan fingerprint density at radius 2 is 2.27 bits per heavy atom. The van der Waals surface area contributed by atoms with Crippen molar-refractivity contribution in [3.05, 3.63) is 0 Å². The third-order valence-electron chi connectivity index (χ3n) is 2.98. The molecule has 0 aromatic heterocycles. The summed E-state index contributed by atoms with van der Waals surface area (Å²) in [4.78, 5) is 2.28. The van der Waals surface area contributed by atoms with E-state index in [2.05, 4.69) is 4.90 Å². The predicted octanol–water partition coefficient (Wildman–Crippen LogP) is -0.198. The molecular formula is C10H19N3O2. The monoisotopic (exact) mass is 213 g/mol. The Kier molecular flexibility index (Phi) is 3.56. The molecule has 0 aromatic carbocycles. The Bertz CT molecular complexity index is 229. The summed E-state index contributed by atoms with van der Waals surface area (Å²) >= 11 is 0. The Balaban J connectivity index is 1.79. The van der Waals surface area contributed by atoms with E-state index >= 15 is 0 Å². The Morgan fingerprint density at radius 1 is 1.40 bits per heavy atom. The molecule has 0 radical (unpaired) electrons. The standard InChI is InChI=1S/C10H19N3O2/c11-10(12)9-7-13(3-5-15-9)6-8-2-1-4-14-8/h8-9H,1-7H2,(H3,11,12). The molecule has 15 heavy (non-hydrogen) atoms. The molecule has 5 heteroatoms. The van der Waals surface area contributed by atoms with Crippen molar-refractivity contribution in [1.29, 1.82) is 5.41 Å². The molecule has 0 aromatic rings. The van der Waals surface area contributed by atoms with E-state index in [0.29, 0.717) is 12.7 Å². The third-order valence-corrected chi connectivity index (χ3v) is 2.98. The number of amidine groups is 1. The van der Waals surface area contributed by atoms with E-state index in [-0.39, 0.29) is 11.9 Å². The molecule has 2 saturated heterocycles. The third kappa shape index (κ3) is 2.90. The van der Waals surface area contributed by atoms with Crippen molar-refractivity contribution in [2.24, 2.45) is 5.73 Å². The number of rotatable bonds is 3. The molecule has 0 amide bonds.